The number of hydrogen-bond acceptors (Lipinski definition) is 3. The minimum atomic E-state index is -0.0786. The van der Waals surface area contributed by atoms with E-state index < -0.39 is 0 Å². The van der Waals surface area contributed by atoms with Gasteiger partial charge >= 0.3 is 6.03 Å². The third kappa shape index (κ3) is 3.26. The molecule has 0 radical (unpaired) electrons. The van der Waals surface area contributed by atoms with Gasteiger partial charge in [0.25, 0.3) is 0 Å². The van der Waals surface area contributed by atoms with Crippen molar-refractivity contribution in [2.24, 2.45) is 0 Å². The van der Waals surface area contributed by atoms with E-state index in [0.717, 1.165) is 35.2 Å². The zero-order valence-electron chi connectivity index (χ0n) is 14.8. The Hall–Kier alpha value is -2.92. The first-order chi connectivity index (χ1) is 12.7. The number of piperazine rings is 1. The smallest absolute Gasteiger partial charge is 0.315 e. The quantitative estimate of drug-likeness (QED) is 0.769. The maximum absolute atomic E-state index is 13.1. The first-order valence-electron chi connectivity index (χ1n) is 8.87. The van der Waals surface area contributed by atoms with Crippen LogP contribution in [0.2, 0.25) is 0 Å². The van der Waals surface area contributed by atoms with Crippen LogP contribution in [0.4, 0.5) is 10.5 Å². The van der Waals surface area contributed by atoms with Crippen molar-refractivity contribution < 1.29 is 4.79 Å². The van der Waals surface area contributed by atoms with Gasteiger partial charge in [0.05, 0.1) is 17.2 Å². The second-order valence-electron chi connectivity index (χ2n) is 6.69. The molecule has 1 N–H and O–H groups in total. The normalized spacial score (nSPS) is 18.0. The van der Waals surface area contributed by atoms with Crippen LogP contribution in [-0.4, -0.2) is 47.5 Å². The number of amides is 2. The van der Waals surface area contributed by atoms with Gasteiger partial charge in [0, 0.05) is 31.2 Å². The fourth-order valence-corrected chi connectivity index (χ4v) is 3.52. The summed E-state index contributed by atoms with van der Waals surface area (Å²) in [5.74, 6) is 0. The Morgan fingerprint density at radius 1 is 1.04 bits per heavy atom. The molecule has 5 heteroatoms. The first-order valence-corrected chi connectivity index (χ1v) is 8.87. The van der Waals surface area contributed by atoms with Crippen molar-refractivity contribution in [3.63, 3.8) is 0 Å². The number of benzene rings is 2. The molecule has 0 spiro atoms. The van der Waals surface area contributed by atoms with Crippen LogP contribution in [0.1, 0.15) is 11.6 Å². The van der Waals surface area contributed by atoms with Gasteiger partial charge in [-0.3, -0.25) is 4.98 Å². The maximum Gasteiger partial charge on any atom is 0.322 e. The molecular weight excluding hydrogens is 324 g/mol. The zero-order chi connectivity index (χ0) is 17.9. The molecule has 1 atom stereocenters. The Kier molecular flexibility index (Phi) is 4.54. The molecule has 0 saturated carbocycles. The van der Waals surface area contributed by atoms with Gasteiger partial charge in [0.2, 0.25) is 0 Å². The largest absolute Gasteiger partial charge is 0.322 e. The number of nitrogens with one attached hydrogen (secondary N) is 1. The highest BCUT2D eigenvalue weighted by atomic mass is 16.2. The monoisotopic (exact) mass is 346 g/mol. The summed E-state index contributed by atoms with van der Waals surface area (Å²) in [6.45, 7) is 2.38. The number of rotatable bonds is 2. The number of hydrogen-bond donors (Lipinski definition) is 1. The second kappa shape index (κ2) is 7.14. The van der Waals surface area contributed by atoms with E-state index in [0.29, 0.717) is 6.54 Å². The van der Waals surface area contributed by atoms with E-state index in [9.17, 15) is 4.79 Å². The molecular formula is C21H22N4O. The minimum Gasteiger partial charge on any atom is -0.315 e. The van der Waals surface area contributed by atoms with Gasteiger partial charge in [-0.15, -0.1) is 0 Å². The van der Waals surface area contributed by atoms with Gasteiger partial charge in [-0.2, -0.15) is 0 Å². The fourth-order valence-electron chi connectivity index (χ4n) is 3.52. The molecule has 132 valence electrons. The average molecular weight is 346 g/mol. The highest BCUT2D eigenvalue weighted by molar-refractivity contribution is 5.99. The molecule has 3 aromatic rings. The lowest BCUT2D eigenvalue weighted by atomic mass is 10.0. The van der Waals surface area contributed by atoms with E-state index in [1.54, 1.807) is 6.20 Å². The van der Waals surface area contributed by atoms with Gasteiger partial charge in [-0.05, 0) is 24.7 Å². The molecule has 0 unspecified atom stereocenters. The van der Waals surface area contributed by atoms with Crippen molar-refractivity contribution in [1.82, 2.24) is 14.8 Å². The number of carbonyl (C=O) groups excluding carboxylic acids is 1. The highest BCUT2D eigenvalue weighted by Crippen LogP contribution is 2.27. The molecule has 26 heavy (non-hydrogen) atoms. The topological polar surface area (TPSA) is 48.5 Å². The Labute approximate surface area is 153 Å². The number of para-hydroxylation sites is 1. The van der Waals surface area contributed by atoms with Crippen molar-refractivity contribution in [3.05, 3.63) is 72.4 Å². The van der Waals surface area contributed by atoms with E-state index in [1.165, 1.54) is 0 Å². The summed E-state index contributed by atoms with van der Waals surface area (Å²) in [5.41, 5.74) is 2.72. The summed E-state index contributed by atoms with van der Waals surface area (Å²) in [6.07, 6.45) is 1.75. The van der Waals surface area contributed by atoms with Crippen LogP contribution in [-0.2, 0) is 0 Å². The lowest BCUT2D eigenvalue weighted by molar-refractivity contribution is 0.117. The summed E-state index contributed by atoms with van der Waals surface area (Å²) in [7, 11) is 2.10. The molecule has 5 nitrogen and oxygen atoms in total. The van der Waals surface area contributed by atoms with Crippen molar-refractivity contribution in [1.29, 1.82) is 0 Å². The third-order valence-corrected chi connectivity index (χ3v) is 4.90. The molecule has 1 saturated heterocycles. The number of urea groups is 1. The standard InChI is InChI=1S/C21H22N4O/c1-24-13-14-25(19(15-24)16-7-3-2-4-8-16)21(26)23-18-11-5-9-17-10-6-12-22-20(17)18/h2-12,19H,13-15H2,1H3,(H,23,26)/t19-/m0/s1. The van der Waals surface area contributed by atoms with E-state index in [2.05, 4.69) is 34.4 Å². The number of carbonyl (C=O) groups is 1. The number of aromatic nitrogens is 1. The highest BCUT2D eigenvalue weighted by Gasteiger charge is 2.30. The number of fused-ring (bicyclic) bond motifs is 1. The van der Waals surface area contributed by atoms with Gasteiger partial charge in [0.1, 0.15) is 0 Å². The lowest BCUT2D eigenvalue weighted by Gasteiger charge is -2.40. The molecule has 0 aliphatic carbocycles. The third-order valence-electron chi connectivity index (χ3n) is 4.90. The van der Waals surface area contributed by atoms with Gasteiger partial charge < -0.3 is 15.1 Å². The van der Waals surface area contributed by atoms with Crippen molar-refractivity contribution in [3.8, 4) is 0 Å². The number of nitrogens with zero attached hydrogens (tertiary/aromatic N) is 3. The first kappa shape index (κ1) is 16.5. The van der Waals surface area contributed by atoms with Crippen LogP contribution in [0, 0.1) is 0 Å². The molecule has 2 amide bonds. The summed E-state index contributed by atoms with van der Waals surface area (Å²) < 4.78 is 0. The number of anilines is 1. The van der Waals surface area contributed by atoms with Crippen LogP contribution in [0.3, 0.4) is 0 Å². The molecule has 1 aliphatic rings. The van der Waals surface area contributed by atoms with E-state index in [1.807, 2.05) is 53.4 Å². The van der Waals surface area contributed by atoms with Crippen molar-refractivity contribution in [2.75, 3.05) is 32.0 Å². The molecule has 2 heterocycles. The van der Waals surface area contributed by atoms with Gasteiger partial charge in [-0.25, -0.2) is 4.79 Å². The zero-order valence-corrected chi connectivity index (χ0v) is 14.8. The number of likely N-dealkylation sites (N-methyl/N-ethyl adjacent to an activating group) is 1. The summed E-state index contributed by atoms with van der Waals surface area (Å²) in [5, 5.41) is 4.09. The van der Waals surface area contributed by atoms with Crippen LogP contribution < -0.4 is 5.32 Å². The molecule has 1 fully saturated rings. The van der Waals surface area contributed by atoms with Crippen LogP contribution in [0.25, 0.3) is 10.9 Å². The second-order valence-corrected chi connectivity index (χ2v) is 6.69. The Morgan fingerprint density at radius 2 is 1.85 bits per heavy atom. The summed E-state index contributed by atoms with van der Waals surface area (Å²) in [6, 6.07) is 19.9. The van der Waals surface area contributed by atoms with Crippen LogP contribution in [0.5, 0.6) is 0 Å². The Balaban J connectivity index is 1.61. The molecule has 1 aliphatic heterocycles. The van der Waals surface area contributed by atoms with Crippen LogP contribution >= 0.6 is 0 Å². The summed E-state index contributed by atoms with van der Waals surface area (Å²) >= 11 is 0. The van der Waals surface area contributed by atoms with Crippen molar-refractivity contribution in [2.45, 2.75) is 6.04 Å². The Bertz CT molecular complexity index is 907. The van der Waals surface area contributed by atoms with Gasteiger partial charge in [0.15, 0.2) is 0 Å². The summed E-state index contributed by atoms with van der Waals surface area (Å²) in [4.78, 5) is 21.7. The molecule has 0 bridgehead atoms. The fraction of sp³-hybridized carbons (Fsp3) is 0.238. The Morgan fingerprint density at radius 3 is 2.69 bits per heavy atom. The van der Waals surface area contributed by atoms with E-state index in [-0.39, 0.29) is 12.1 Å². The maximum atomic E-state index is 13.1. The van der Waals surface area contributed by atoms with E-state index in [4.69, 9.17) is 0 Å². The van der Waals surface area contributed by atoms with E-state index >= 15 is 0 Å². The number of pyridine rings is 1. The van der Waals surface area contributed by atoms with Crippen molar-refractivity contribution >= 4 is 22.6 Å². The van der Waals surface area contributed by atoms with Gasteiger partial charge in [-0.1, -0.05) is 48.5 Å². The molecule has 1 aromatic heterocycles. The predicted molar refractivity (Wildman–Crippen MR) is 104 cm³/mol. The van der Waals surface area contributed by atoms with Crippen LogP contribution in [0.15, 0.2) is 66.9 Å². The predicted octanol–water partition coefficient (Wildman–Crippen LogP) is 3.76. The molecule has 4 rings (SSSR count). The average Bonchev–Trinajstić information content (AvgIpc) is 2.69. The minimum absolute atomic E-state index is 0.0397. The SMILES string of the molecule is CN1CCN(C(=O)Nc2cccc3cccnc23)[C@H](c2ccccc2)C1. The lowest BCUT2D eigenvalue weighted by Crippen LogP contribution is -2.50. The molecule has 2 aromatic carbocycles.